The third kappa shape index (κ3) is 34.6. The van der Waals surface area contributed by atoms with Crippen molar-refractivity contribution in [1.82, 2.24) is 0 Å². The molecule has 0 spiro atoms. The van der Waals surface area contributed by atoms with E-state index in [1.807, 2.05) is 6.08 Å². The maximum Gasteiger partial charge on any atom is 0.472 e. The molecule has 0 aliphatic rings. The molecule has 9 nitrogen and oxygen atoms in total. The van der Waals surface area contributed by atoms with E-state index in [2.05, 4.69) is 26.0 Å². The van der Waals surface area contributed by atoms with E-state index in [1.165, 1.54) is 96.3 Å². The average Bonchev–Trinajstić information content (AvgIpc) is 3.07. The summed E-state index contributed by atoms with van der Waals surface area (Å²) in [7, 11) is -4.52. The van der Waals surface area contributed by atoms with Crippen LogP contribution in [0.5, 0.6) is 0 Å². The second-order valence-electron chi connectivity index (χ2n) is 13.0. The van der Waals surface area contributed by atoms with Gasteiger partial charge in [-0.1, -0.05) is 142 Å². The minimum absolute atomic E-state index is 0.0357. The Bertz CT molecular complexity index is 805. The molecule has 0 bridgehead atoms. The number of phosphoric ester groups is 1. The number of ether oxygens (including phenoxy) is 2. The van der Waals surface area contributed by atoms with Crippen LogP contribution in [-0.2, 0) is 27.9 Å². The number of phosphoric acid groups is 1. The standard InChI is InChI=1S/C38H73O9P/c1-3-5-7-9-11-13-15-16-17-18-19-21-23-25-27-29-31-44-34-37(35-46-48(42,43)45-33-36(40)32-39)47-38(41)30-28-26-24-22-20-14-12-10-8-6-4-2/h10,12,29,31,36-37,39-40H,3-9,11,13-28,30,32-35H2,1-2H3,(H,42,43)/b12-10-,31-29-/t36-,37+/m0/s1. The summed E-state index contributed by atoms with van der Waals surface area (Å²) < 4.78 is 33.0. The third-order valence-electron chi connectivity index (χ3n) is 8.20. The number of aliphatic hydroxyl groups is 2. The number of rotatable bonds is 37. The van der Waals surface area contributed by atoms with Gasteiger partial charge < -0.3 is 24.6 Å². The summed E-state index contributed by atoms with van der Waals surface area (Å²) in [5.74, 6) is -0.415. The van der Waals surface area contributed by atoms with Crippen LogP contribution in [0.2, 0.25) is 0 Å². The highest BCUT2D eigenvalue weighted by Crippen LogP contribution is 2.43. The van der Waals surface area contributed by atoms with Crippen LogP contribution >= 0.6 is 7.82 Å². The van der Waals surface area contributed by atoms with Gasteiger partial charge in [-0.3, -0.25) is 13.8 Å². The Kier molecular flexibility index (Phi) is 34.7. The largest absolute Gasteiger partial charge is 0.498 e. The smallest absolute Gasteiger partial charge is 0.472 e. The van der Waals surface area contributed by atoms with E-state index in [0.29, 0.717) is 6.42 Å². The van der Waals surface area contributed by atoms with Crippen molar-refractivity contribution in [3.8, 4) is 0 Å². The summed E-state index contributed by atoms with van der Waals surface area (Å²) >= 11 is 0. The van der Waals surface area contributed by atoms with Crippen molar-refractivity contribution in [2.24, 2.45) is 0 Å². The van der Waals surface area contributed by atoms with Gasteiger partial charge in [0.1, 0.15) is 12.7 Å². The van der Waals surface area contributed by atoms with Gasteiger partial charge >= 0.3 is 13.8 Å². The second kappa shape index (κ2) is 35.6. The van der Waals surface area contributed by atoms with E-state index < -0.39 is 45.8 Å². The molecule has 0 saturated carbocycles. The number of carbonyl (C=O) groups excluding carboxylic acids is 1. The number of allylic oxidation sites excluding steroid dienone is 3. The molecule has 48 heavy (non-hydrogen) atoms. The predicted molar refractivity (Wildman–Crippen MR) is 196 cm³/mol. The molecule has 1 unspecified atom stereocenters. The highest BCUT2D eigenvalue weighted by molar-refractivity contribution is 7.47. The normalized spacial score (nSPS) is 14.4. The quantitative estimate of drug-likeness (QED) is 0.0190. The lowest BCUT2D eigenvalue weighted by atomic mass is 10.0. The van der Waals surface area contributed by atoms with Gasteiger partial charge in [-0.05, 0) is 44.6 Å². The summed E-state index contributed by atoms with van der Waals surface area (Å²) in [5.41, 5.74) is 0. The molecule has 0 aliphatic heterocycles. The summed E-state index contributed by atoms with van der Waals surface area (Å²) in [6, 6.07) is 0. The Morgan fingerprint density at radius 1 is 0.625 bits per heavy atom. The van der Waals surface area contributed by atoms with Gasteiger partial charge in [-0.25, -0.2) is 4.57 Å². The lowest BCUT2D eigenvalue weighted by Gasteiger charge is -2.20. The van der Waals surface area contributed by atoms with E-state index >= 15 is 0 Å². The molecule has 0 radical (unpaired) electrons. The molecule has 3 atom stereocenters. The molecule has 3 N–H and O–H groups in total. The minimum atomic E-state index is -4.52. The summed E-state index contributed by atoms with van der Waals surface area (Å²) in [4.78, 5) is 22.4. The highest BCUT2D eigenvalue weighted by Gasteiger charge is 2.26. The maximum absolute atomic E-state index is 12.5. The van der Waals surface area contributed by atoms with Gasteiger partial charge in [0.15, 0.2) is 6.10 Å². The fourth-order valence-electron chi connectivity index (χ4n) is 5.18. The molecule has 0 aliphatic carbocycles. The van der Waals surface area contributed by atoms with Crippen LogP contribution in [0.15, 0.2) is 24.5 Å². The van der Waals surface area contributed by atoms with Crippen molar-refractivity contribution in [3.63, 3.8) is 0 Å². The van der Waals surface area contributed by atoms with Crippen molar-refractivity contribution in [2.45, 2.75) is 187 Å². The van der Waals surface area contributed by atoms with Crippen LogP contribution in [0.4, 0.5) is 0 Å². The van der Waals surface area contributed by atoms with E-state index in [0.717, 1.165) is 51.4 Å². The number of hydrogen-bond acceptors (Lipinski definition) is 8. The maximum atomic E-state index is 12.5. The molecular formula is C38H73O9P. The van der Waals surface area contributed by atoms with Gasteiger partial charge in [-0.15, -0.1) is 0 Å². The Morgan fingerprint density at radius 2 is 1.08 bits per heavy atom. The number of aliphatic hydroxyl groups excluding tert-OH is 2. The first-order valence-corrected chi connectivity index (χ1v) is 20.9. The molecule has 0 saturated heterocycles. The SMILES string of the molecule is CCCC/C=C\CCCCCCCC(=O)O[C@H](CO/C=C\CCCCCCCCCCCCCCCC)COP(=O)(O)OC[C@@H](O)CO. The topological polar surface area (TPSA) is 132 Å². The van der Waals surface area contributed by atoms with Crippen molar-refractivity contribution >= 4 is 13.8 Å². The van der Waals surface area contributed by atoms with Gasteiger partial charge in [0.2, 0.25) is 0 Å². The average molecular weight is 705 g/mol. The molecule has 0 heterocycles. The van der Waals surface area contributed by atoms with Gasteiger partial charge in [-0.2, -0.15) is 0 Å². The number of esters is 1. The van der Waals surface area contributed by atoms with Gasteiger partial charge in [0.05, 0.1) is 26.1 Å². The van der Waals surface area contributed by atoms with E-state index in [9.17, 15) is 19.4 Å². The zero-order valence-corrected chi connectivity index (χ0v) is 31.6. The fraction of sp³-hybridized carbons (Fsp3) is 0.868. The van der Waals surface area contributed by atoms with Crippen molar-refractivity contribution < 1.29 is 43.0 Å². The molecule has 10 heteroatoms. The van der Waals surface area contributed by atoms with Crippen LogP contribution in [0.25, 0.3) is 0 Å². The second-order valence-corrected chi connectivity index (χ2v) is 14.5. The number of unbranched alkanes of at least 4 members (excludes halogenated alkanes) is 21. The van der Waals surface area contributed by atoms with Gasteiger partial charge in [0.25, 0.3) is 0 Å². The first-order chi connectivity index (χ1) is 23.3. The van der Waals surface area contributed by atoms with Crippen molar-refractivity contribution in [3.05, 3.63) is 24.5 Å². The summed E-state index contributed by atoms with van der Waals surface area (Å²) in [6.45, 7) is 2.83. The molecule has 0 rings (SSSR count). The first kappa shape index (κ1) is 46.8. The molecule has 0 aromatic rings. The molecular weight excluding hydrogens is 631 g/mol. The summed E-state index contributed by atoms with van der Waals surface area (Å²) in [6.07, 6.45) is 35.1. The number of hydrogen-bond donors (Lipinski definition) is 3. The molecule has 0 aromatic carbocycles. The lowest BCUT2D eigenvalue weighted by Crippen LogP contribution is -2.28. The predicted octanol–water partition coefficient (Wildman–Crippen LogP) is 10.3. The van der Waals surface area contributed by atoms with Crippen LogP contribution in [-0.4, -0.2) is 59.7 Å². The van der Waals surface area contributed by atoms with E-state index in [-0.39, 0.29) is 13.0 Å². The van der Waals surface area contributed by atoms with Crippen LogP contribution in [0.1, 0.15) is 174 Å². The Morgan fingerprint density at radius 3 is 1.62 bits per heavy atom. The van der Waals surface area contributed by atoms with Crippen molar-refractivity contribution in [1.29, 1.82) is 0 Å². The fourth-order valence-corrected chi connectivity index (χ4v) is 5.97. The van der Waals surface area contributed by atoms with Crippen LogP contribution in [0.3, 0.4) is 0 Å². The molecule has 0 fully saturated rings. The molecule has 0 amide bonds. The number of carbonyl (C=O) groups is 1. The van der Waals surface area contributed by atoms with Crippen molar-refractivity contribution in [2.75, 3.05) is 26.4 Å². The monoisotopic (exact) mass is 704 g/mol. The van der Waals surface area contributed by atoms with Crippen LogP contribution < -0.4 is 0 Å². The van der Waals surface area contributed by atoms with Gasteiger partial charge in [0, 0.05) is 6.42 Å². The Balaban J connectivity index is 4.26. The third-order valence-corrected chi connectivity index (χ3v) is 9.15. The van der Waals surface area contributed by atoms with E-state index in [1.54, 1.807) is 6.26 Å². The zero-order valence-electron chi connectivity index (χ0n) is 30.7. The Hall–Kier alpha value is -1.22. The zero-order chi connectivity index (χ0) is 35.4. The molecule has 0 aromatic heterocycles. The summed E-state index contributed by atoms with van der Waals surface area (Å²) in [5, 5.41) is 18.3. The Labute approximate surface area is 293 Å². The minimum Gasteiger partial charge on any atom is -0.498 e. The lowest BCUT2D eigenvalue weighted by molar-refractivity contribution is -0.153. The van der Waals surface area contributed by atoms with Crippen LogP contribution in [0, 0.1) is 0 Å². The highest BCUT2D eigenvalue weighted by atomic mass is 31.2. The first-order valence-electron chi connectivity index (χ1n) is 19.4. The molecule has 284 valence electrons. The van der Waals surface area contributed by atoms with E-state index in [4.69, 9.17) is 23.6 Å².